The number of hydrogen-bond donors (Lipinski definition) is 0. The van der Waals surface area contributed by atoms with Gasteiger partial charge in [-0.05, 0) is 25.0 Å². The molecular formula is C23H26N2O6. The van der Waals surface area contributed by atoms with E-state index in [2.05, 4.69) is 11.5 Å². The molecule has 1 aromatic carbocycles. The molecule has 2 saturated heterocycles. The van der Waals surface area contributed by atoms with E-state index in [4.69, 9.17) is 14.0 Å². The number of hydroxylamine groups is 2. The molecular weight excluding hydrogens is 400 g/mol. The molecule has 2 aliphatic rings. The number of methoxy groups -OCH3 is 1. The monoisotopic (exact) mass is 426 g/mol. The predicted octanol–water partition coefficient (Wildman–Crippen LogP) is 2.27. The fourth-order valence-corrected chi connectivity index (χ4v) is 4.73. The highest BCUT2D eigenvalue weighted by atomic mass is 16.7. The number of esters is 1. The van der Waals surface area contributed by atoms with E-state index in [1.165, 1.54) is 18.4 Å². The van der Waals surface area contributed by atoms with Crippen molar-refractivity contribution in [2.24, 2.45) is 5.92 Å². The number of carbonyl (C=O) groups is 2. The van der Waals surface area contributed by atoms with Crippen molar-refractivity contribution < 1.29 is 23.6 Å². The molecule has 1 aromatic heterocycles. The molecule has 31 heavy (non-hydrogen) atoms. The standard InChI is InChI=1S/C23H26N2O6/c1-3-12-31-25-20(26)13-18(22(28)29-2)23(25)8-10-24(11-9-23)14-16-15-30-19-7-5-4-6-17(19)21(16)27/h3-7,15,18H,1,8-14H2,2H3. The van der Waals surface area contributed by atoms with Crippen LogP contribution in [0.4, 0.5) is 0 Å². The Kier molecular flexibility index (Phi) is 5.93. The van der Waals surface area contributed by atoms with E-state index in [-0.39, 0.29) is 24.4 Å². The van der Waals surface area contributed by atoms with Crippen molar-refractivity contribution in [3.05, 3.63) is 59.0 Å². The van der Waals surface area contributed by atoms with Crippen LogP contribution in [0.25, 0.3) is 11.0 Å². The maximum absolute atomic E-state index is 12.8. The number of benzene rings is 1. The van der Waals surface area contributed by atoms with Crippen molar-refractivity contribution in [1.29, 1.82) is 0 Å². The minimum atomic E-state index is -0.752. The molecule has 1 atom stereocenters. The van der Waals surface area contributed by atoms with E-state index < -0.39 is 17.4 Å². The van der Waals surface area contributed by atoms with E-state index in [0.29, 0.717) is 49.0 Å². The number of piperidine rings is 1. The van der Waals surface area contributed by atoms with Crippen LogP contribution in [-0.4, -0.2) is 54.2 Å². The zero-order valence-electron chi connectivity index (χ0n) is 17.5. The maximum Gasteiger partial charge on any atom is 0.311 e. The summed E-state index contributed by atoms with van der Waals surface area (Å²) in [5.41, 5.74) is 0.356. The number of hydrogen-bond acceptors (Lipinski definition) is 7. The molecule has 8 heteroatoms. The lowest BCUT2D eigenvalue weighted by Gasteiger charge is -2.45. The molecule has 4 rings (SSSR count). The zero-order chi connectivity index (χ0) is 22.0. The topological polar surface area (TPSA) is 89.3 Å². The van der Waals surface area contributed by atoms with Crippen LogP contribution >= 0.6 is 0 Å². The van der Waals surface area contributed by atoms with Gasteiger partial charge in [-0.25, -0.2) is 5.06 Å². The Morgan fingerprint density at radius 3 is 2.74 bits per heavy atom. The number of carbonyl (C=O) groups excluding carboxylic acids is 2. The largest absolute Gasteiger partial charge is 0.469 e. The van der Waals surface area contributed by atoms with Gasteiger partial charge in [-0.15, -0.1) is 6.58 Å². The summed E-state index contributed by atoms with van der Waals surface area (Å²) in [7, 11) is 1.34. The van der Waals surface area contributed by atoms with E-state index in [1.807, 2.05) is 12.1 Å². The Morgan fingerprint density at radius 2 is 2.03 bits per heavy atom. The van der Waals surface area contributed by atoms with Crippen molar-refractivity contribution in [3.63, 3.8) is 0 Å². The molecule has 0 bridgehead atoms. The first-order chi connectivity index (χ1) is 15.0. The Labute approximate surface area is 180 Å². The molecule has 1 spiro atoms. The van der Waals surface area contributed by atoms with Crippen LogP contribution in [0.2, 0.25) is 0 Å². The average molecular weight is 426 g/mol. The number of para-hydroxylation sites is 1. The third kappa shape index (κ3) is 3.77. The normalized spacial score (nSPS) is 21.0. The van der Waals surface area contributed by atoms with Crippen LogP contribution in [0.5, 0.6) is 0 Å². The first-order valence-corrected chi connectivity index (χ1v) is 10.4. The second kappa shape index (κ2) is 8.64. The van der Waals surface area contributed by atoms with Gasteiger partial charge in [0.05, 0.1) is 36.8 Å². The summed E-state index contributed by atoms with van der Waals surface area (Å²) in [6, 6.07) is 7.17. The molecule has 8 nitrogen and oxygen atoms in total. The highest BCUT2D eigenvalue weighted by Gasteiger charge is 2.58. The summed E-state index contributed by atoms with van der Waals surface area (Å²) in [5, 5.41) is 1.93. The Hall–Kier alpha value is -2.97. The highest BCUT2D eigenvalue weighted by molar-refractivity contribution is 5.88. The Morgan fingerprint density at radius 1 is 1.29 bits per heavy atom. The number of nitrogens with zero attached hydrogens (tertiary/aromatic N) is 2. The molecule has 164 valence electrons. The molecule has 0 saturated carbocycles. The number of ether oxygens (including phenoxy) is 1. The van der Waals surface area contributed by atoms with E-state index in [1.54, 1.807) is 18.2 Å². The molecule has 1 unspecified atom stereocenters. The van der Waals surface area contributed by atoms with Crippen molar-refractivity contribution in [3.8, 4) is 0 Å². The maximum atomic E-state index is 12.8. The van der Waals surface area contributed by atoms with Gasteiger partial charge < -0.3 is 9.15 Å². The molecule has 0 aliphatic carbocycles. The van der Waals surface area contributed by atoms with E-state index in [0.717, 1.165) is 0 Å². The van der Waals surface area contributed by atoms with Gasteiger partial charge in [-0.3, -0.25) is 24.1 Å². The van der Waals surface area contributed by atoms with Crippen molar-refractivity contribution in [2.45, 2.75) is 31.3 Å². The molecule has 2 aromatic rings. The molecule has 2 aliphatic heterocycles. The van der Waals surface area contributed by atoms with Gasteiger partial charge in [0.15, 0.2) is 5.43 Å². The van der Waals surface area contributed by atoms with Gasteiger partial charge in [0.1, 0.15) is 5.58 Å². The lowest BCUT2D eigenvalue weighted by molar-refractivity contribution is -0.218. The Bertz CT molecular complexity index is 1050. The highest BCUT2D eigenvalue weighted by Crippen LogP contribution is 2.44. The van der Waals surface area contributed by atoms with Crippen molar-refractivity contribution in [2.75, 3.05) is 26.8 Å². The fourth-order valence-electron chi connectivity index (χ4n) is 4.73. The minimum absolute atomic E-state index is 0.0402. The van der Waals surface area contributed by atoms with Crippen molar-refractivity contribution >= 4 is 22.8 Å². The smallest absolute Gasteiger partial charge is 0.311 e. The van der Waals surface area contributed by atoms with E-state index in [9.17, 15) is 14.4 Å². The predicted molar refractivity (Wildman–Crippen MR) is 113 cm³/mol. The third-order valence-electron chi connectivity index (χ3n) is 6.33. The first-order valence-electron chi connectivity index (χ1n) is 10.4. The van der Waals surface area contributed by atoms with Gasteiger partial charge in [0.25, 0.3) is 0 Å². The molecule has 1 amide bonds. The second-order valence-corrected chi connectivity index (χ2v) is 8.02. The van der Waals surface area contributed by atoms with Gasteiger partial charge in [-0.2, -0.15) is 0 Å². The van der Waals surface area contributed by atoms with E-state index >= 15 is 0 Å². The SMILES string of the molecule is C=CCON1C(=O)CC(C(=O)OC)C12CCN(Cc1coc3ccccc3c1=O)CC2. The summed E-state index contributed by atoms with van der Waals surface area (Å²) in [4.78, 5) is 45.7. The summed E-state index contributed by atoms with van der Waals surface area (Å²) in [6.07, 6.45) is 4.23. The number of likely N-dealkylation sites (tertiary alicyclic amines) is 1. The number of amides is 1. The lowest BCUT2D eigenvalue weighted by Crippen LogP contribution is -2.57. The third-order valence-corrected chi connectivity index (χ3v) is 6.33. The summed E-state index contributed by atoms with van der Waals surface area (Å²) >= 11 is 0. The van der Waals surface area contributed by atoms with Gasteiger partial charge in [0.2, 0.25) is 5.91 Å². The van der Waals surface area contributed by atoms with Crippen LogP contribution in [0.3, 0.4) is 0 Å². The fraction of sp³-hybridized carbons (Fsp3) is 0.435. The molecule has 3 heterocycles. The van der Waals surface area contributed by atoms with Gasteiger partial charge in [0, 0.05) is 31.6 Å². The van der Waals surface area contributed by atoms with Crippen LogP contribution in [-0.2, 0) is 25.7 Å². The van der Waals surface area contributed by atoms with Gasteiger partial charge >= 0.3 is 5.97 Å². The average Bonchev–Trinajstić information content (AvgIpc) is 3.06. The summed E-state index contributed by atoms with van der Waals surface area (Å²) in [6.45, 7) is 5.46. The second-order valence-electron chi connectivity index (χ2n) is 8.02. The molecule has 2 fully saturated rings. The molecule has 0 radical (unpaired) electrons. The summed E-state index contributed by atoms with van der Waals surface area (Å²) < 4.78 is 10.6. The van der Waals surface area contributed by atoms with Crippen LogP contribution in [0.15, 0.2) is 52.4 Å². The summed E-state index contributed by atoms with van der Waals surface area (Å²) in [5.74, 6) is -1.20. The lowest BCUT2D eigenvalue weighted by atomic mass is 9.77. The van der Waals surface area contributed by atoms with Crippen LogP contribution < -0.4 is 5.43 Å². The van der Waals surface area contributed by atoms with Crippen molar-refractivity contribution in [1.82, 2.24) is 9.96 Å². The first kappa shape index (κ1) is 21.3. The quantitative estimate of drug-likeness (QED) is 0.517. The zero-order valence-corrected chi connectivity index (χ0v) is 17.5. The van der Waals surface area contributed by atoms with Crippen LogP contribution in [0, 0.1) is 5.92 Å². The number of rotatable bonds is 6. The molecule has 0 N–H and O–H groups in total. The van der Waals surface area contributed by atoms with Gasteiger partial charge in [-0.1, -0.05) is 18.2 Å². The number of fused-ring (bicyclic) bond motifs is 1. The van der Waals surface area contributed by atoms with Crippen LogP contribution in [0.1, 0.15) is 24.8 Å². The Balaban J connectivity index is 1.53. The minimum Gasteiger partial charge on any atom is -0.469 e.